The number of aryl methyl sites for hydroxylation is 2. The number of piperidine rings is 1. The van der Waals surface area contributed by atoms with Crippen molar-refractivity contribution in [1.29, 1.82) is 0 Å². The van der Waals surface area contributed by atoms with Crippen molar-refractivity contribution in [3.8, 4) is 5.75 Å². The molecule has 2 aliphatic rings. The fourth-order valence-electron chi connectivity index (χ4n) is 4.93. The van der Waals surface area contributed by atoms with Crippen LogP contribution in [0.4, 0.5) is 0 Å². The first kappa shape index (κ1) is 26.9. The van der Waals surface area contributed by atoms with Crippen LogP contribution < -0.4 is 4.74 Å². The van der Waals surface area contributed by atoms with E-state index in [1.807, 2.05) is 43.0 Å². The van der Waals surface area contributed by atoms with Gasteiger partial charge in [-0.3, -0.25) is 4.79 Å². The topological polar surface area (TPSA) is 70.2 Å². The molecular formula is C27H36ClN3O4S. The largest absolute Gasteiger partial charge is 0.493 e. The van der Waals surface area contributed by atoms with Crippen molar-refractivity contribution in [3.63, 3.8) is 0 Å². The van der Waals surface area contributed by atoms with Crippen molar-refractivity contribution < 1.29 is 17.9 Å². The van der Waals surface area contributed by atoms with Crippen LogP contribution in [0.3, 0.4) is 0 Å². The van der Waals surface area contributed by atoms with E-state index in [-0.39, 0.29) is 5.91 Å². The van der Waals surface area contributed by atoms with E-state index in [4.69, 9.17) is 16.3 Å². The molecule has 0 aliphatic carbocycles. The predicted octanol–water partition coefficient (Wildman–Crippen LogP) is 3.97. The third kappa shape index (κ3) is 6.22. The van der Waals surface area contributed by atoms with Crippen LogP contribution in [-0.4, -0.2) is 81.4 Å². The van der Waals surface area contributed by atoms with Crippen LogP contribution in [0.15, 0.2) is 47.4 Å². The first-order valence-corrected chi connectivity index (χ1v) is 14.3. The second-order valence-electron chi connectivity index (χ2n) is 10.3. The van der Waals surface area contributed by atoms with Crippen molar-refractivity contribution in [2.75, 3.05) is 52.9 Å². The smallest absolute Gasteiger partial charge is 0.243 e. The monoisotopic (exact) mass is 533 g/mol. The molecule has 0 aromatic heterocycles. The molecule has 36 heavy (non-hydrogen) atoms. The van der Waals surface area contributed by atoms with Crippen molar-refractivity contribution in [1.82, 2.24) is 14.1 Å². The van der Waals surface area contributed by atoms with Crippen LogP contribution in [0.2, 0.25) is 5.02 Å². The standard InChI is InChI=1S/C27H36ClN3O4S/c1-21-5-4-6-24(17-21)36(33,34)31-11-9-27(10-12-31,19-26(32)30-15-13-29(3)14-16-30)20-35-23-7-8-25(28)22(2)18-23/h4-8,17-18H,9-16,19-20H2,1-3H3. The molecule has 0 bridgehead atoms. The van der Waals surface area contributed by atoms with Crippen molar-refractivity contribution >= 4 is 27.5 Å². The van der Waals surface area contributed by atoms with Crippen molar-refractivity contribution in [2.45, 2.75) is 38.0 Å². The Balaban J connectivity index is 1.50. The molecule has 0 unspecified atom stereocenters. The number of sulfonamides is 1. The minimum atomic E-state index is -3.59. The number of hydrogen-bond donors (Lipinski definition) is 0. The highest BCUT2D eigenvalue weighted by Gasteiger charge is 2.41. The Kier molecular flexibility index (Phi) is 8.29. The van der Waals surface area contributed by atoms with Crippen molar-refractivity contribution in [2.24, 2.45) is 5.41 Å². The summed E-state index contributed by atoms with van der Waals surface area (Å²) in [5.41, 5.74) is 1.40. The van der Waals surface area contributed by atoms with Gasteiger partial charge < -0.3 is 14.5 Å². The van der Waals surface area contributed by atoms with Gasteiger partial charge >= 0.3 is 0 Å². The van der Waals surface area contributed by atoms with Gasteiger partial charge in [0.2, 0.25) is 15.9 Å². The first-order chi connectivity index (χ1) is 17.1. The number of benzene rings is 2. The van der Waals surface area contributed by atoms with Crippen LogP contribution in [0.1, 0.15) is 30.4 Å². The van der Waals surface area contributed by atoms with Crippen LogP contribution in [-0.2, 0) is 14.8 Å². The number of halogens is 1. The van der Waals surface area contributed by atoms with E-state index in [1.54, 1.807) is 22.5 Å². The SMILES string of the molecule is Cc1cccc(S(=O)(=O)N2CCC(COc3ccc(Cl)c(C)c3)(CC(=O)N3CCN(C)CC3)CC2)c1. The van der Waals surface area contributed by atoms with Gasteiger partial charge in [-0.25, -0.2) is 8.42 Å². The lowest BCUT2D eigenvalue weighted by Gasteiger charge is -2.42. The van der Waals surface area contributed by atoms with E-state index in [0.29, 0.717) is 54.6 Å². The molecule has 2 aliphatic heterocycles. The van der Waals surface area contributed by atoms with Gasteiger partial charge in [0.1, 0.15) is 5.75 Å². The highest BCUT2D eigenvalue weighted by Crippen LogP contribution is 2.38. The Bertz CT molecular complexity index is 1190. The first-order valence-electron chi connectivity index (χ1n) is 12.5. The maximum Gasteiger partial charge on any atom is 0.243 e. The molecule has 2 aromatic rings. The second-order valence-corrected chi connectivity index (χ2v) is 12.6. The van der Waals surface area contributed by atoms with Gasteiger partial charge in [-0.1, -0.05) is 23.7 Å². The summed E-state index contributed by atoms with van der Waals surface area (Å²) in [6.07, 6.45) is 1.47. The molecule has 196 valence electrons. The lowest BCUT2D eigenvalue weighted by molar-refractivity contribution is -0.136. The molecule has 2 saturated heterocycles. The minimum absolute atomic E-state index is 0.119. The normalized spacial score (nSPS) is 19.3. The summed E-state index contributed by atoms with van der Waals surface area (Å²) in [4.78, 5) is 17.8. The average Bonchev–Trinajstić information content (AvgIpc) is 2.85. The highest BCUT2D eigenvalue weighted by molar-refractivity contribution is 7.89. The van der Waals surface area contributed by atoms with Crippen LogP contribution in [0, 0.1) is 19.3 Å². The number of carbonyl (C=O) groups is 1. The molecule has 0 atom stereocenters. The second kappa shape index (κ2) is 11.1. The minimum Gasteiger partial charge on any atom is -0.493 e. The third-order valence-electron chi connectivity index (χ3n) is 7.47. The maximum absolute atomic E-state index is 13.3. The summed E-state index contributed by atoms with van der Waals surface area (Å²) in [6.45, 7) is 8.05. The fourth-order valence-corrected chi connectivity index (χ4v) is 6.59. The summed E-state index contributed by atoms with van der Waals surface area (Å²) in [5, 5.41) is 0.678. The number of rotatable bonds is 7. The van der Waals surface area contributed by atoms with Gasteiger partial charge in [0.05, 0.1) is 11.5 Å². The van der Waals surface area contributed by atoms with E-state index in [2.05, 4.69) is 11.9 Å². The zero-order valence-corrected chi connectivity index (χ0v) is 22.9. The van der Waals surface area contributed by atoms with Gasteiger partial charge in [0, 0.05) is 56.1 Å². The van der Waals surface area contributed by atoms with E-state index < -0.39 is 15.4 Å². The summed E-state index contributed by atoms with van der Waals surface area (Å²) in [7, 11) is -1.53. The molecule has 4 rings (SSSR count). The number of carbonyl (C=O) groups excluding carboxylic acids is 1. The van der Waals surface area contributed by atoms with Gasteiger partial charge in [-0.05, 0) is 75.2 Å². The molecule has 0 radical (unpaired) electrons. The van der Waals surface area contributed by atoms with E-state index in [1.165, 1.54) is 0 Å². The van der Waals surface area contributed by atoms with E-state index in [9.17, 15) is 13.2 Å². The van der Waals surface area contributed by atoms with Crippen molar-refractivity contribution in [3.05, 3.63) is 58.6 Å². The van der Waals surface area contributed by atoms with Gasteiger partial charge in [0.25, 0.3) is 0 Å². The Labute approximate surface area is 220 Å². The number of ether oxygens (including phenoxy) is 1. The average molecular weight is 534 g/mol. The molecule has 9 heteroatoms. The summed E-state index contributed by atoms with van der Waals surface area (Å²) < 4.78 is 34.4. The van der Waals surface area contributed by atoms with Crippen LogP contribution in [0.25, 0.3) is 0 Å². The molecule has 2 aromatic carbocycles. The zero-order valence-electron chi connectivity index (χ0n) is 21.4. The Morgan fingerprint density at radius 2 is 1.69 bits per heavy atom. The lowest BCUT2D eigenvalue weighted by atomic mass is 9.76. The molecule has 7 nitrogen and oxygen atoms in total. The predicted molar refractivity (Wildman–Crippen MR) is 142 cm³/mol. The lowest BCUT2D eigenvalue weighted by Crippen LogP contribution is -2.51. The Hall–Kier alpha value is -2.13. The van der Waals surface area contributed by atoms with E-state index >= 15 is 0 Å². The highest BCUT2D eigenvalue weighted by atomic mass is 35.5. The Morgan fingerprint density at radius 1 is 1.00 bits per heavy atom. The molecule has 0 N–H and O–H groups in total. The van der Waals surface area contributed by atoms with Gasteiger partial charge in [0.15, 0.2) is 0 Å². The number of amides is 1. The summed E-state index contributed by atoms with van der Waals surface area (Å²) in [5.74, 6) is 0.826. The summed E-state index contributed by atoms with van der Waals surface area (Å²) in [6, 6.07) is 12.6. The molecule has 0 spiro atoms. The number of piperazine rings is 1. The van der Waals surface area contributed by atoms with Crippen LogP contribution >= 0.6 is 11.6 Å². The molecular weight excluding hydrogens is 498 g/mol. The number of likely N-dealkylation sites (N-methyl/N-ethyl adjacent to an activating group) is 1. The molecule has 2 heterocycles. The quantitative estimate of drug-likeness (QED) is 0.538. The summed E-state index contributed by atoms with van der Waals surface area (Å²) >= 11 is 6.17. The zero-order chi connectivity index (χ0) is 25.9. The van der Waals surface area contributed by atoms with Gasteiger partial charge in [-0.2, -0.15) is 4.31 Å². The number of hydrogen-bond acceptors (Lipinski definition) is 5. The third-order valence-corrected chi connectivity index (χ3v) is 9.79. The maximum atomic E-state index is 13.3. The molecule has 1 amide bonds. The van der Waals surface area contributed by atoms with Crippen LogP contribution in [0.5, 0.6) is 5.75 Å². The Morgan fingerprint density at radius 3 is 2.33 bits per heavy atom. The fraction of sp³-hybridized carbons (Fsp3) is 0.519. The van der Waals surface area contributed by atoms with E-state index in [0.717, 1.165) is 37.3 Å². The number of nitrogens with zero attached hydrogens (tertiary/aromatic N) is 3. The van der Waals surface area contributed by atoms with Gasteiger partial charge in [-0.15, -0.1) is 0 Å². The molecule has 2 fully saturated rings. The molecule has 0 saturated carbocycles.